The Hall–Kier alpha value is -1.16. The third-order valence-electron chi connectivity index (χ3n) is 1.56. The van der Waals surface area contributed by atoms with Gasteiger partial charge in [-0.15, -0.1) is 0 Å². The number of hydrogen-bond acceptors (Lipinski definition) is 4. The second-order valence-corrected chi connectivity index (χ2v) is 4.20. The van der Waals surface area contributed by atoms with Crippen molar-refractivity contribution in [3.63, 3.8) is 0 Å². The molecule has 0 N–H and O–H groups in total. The van der Waals surface area contributed by atoms with E-state index in [1.54, 1.807) is 0 Å². The van der Waals surface area contributed by atoms with Gasteiger partial charge in [0.15, 0.2) is 0 Å². The van der Waals surface area contributed by atoms with Crippen molar-refractivity contribution in [2.45, 2.75) is 24.8 Å². The highest BCUT2D eigenvalue weighted by atomic mass is 32.2. The van der Waals surface area contributed by atoms with Gasteiger partial charge in [-0.05, 0) is 49.9 Å². The average molecular weight is 226 g/mol. The summed E-state index contributed by atoms with van der Waals surface area (Å²) in [6.45, 7) is 3.94. The fraction of sp³-hybridized carbons (Fsp3) is 0.364. The summed E-state index contributed by atoms with van der Waals surface area (Å²) >= 11 is 1.05. The molecule has 1 aromatic carbocycles. The number of hydrogen-bond donors (Lipinski definition) is 0. The first-order valence-electron chi connectivity index (χ1n) is 4.64. The summed E-state index contributed by atoms with van der Waals surface area (Å²) in [6, 6.07) is 7.34. The van der Waals surface area contributed by atoms with Crippen molar-refractivity contribution in [2.24, 2.45) is 0 Å². The van der Waals surface area contributed by atoms with Gasteiger partial charge < -0.3 is 9.47 Å². The van der Waals surface area contributed by atoms with E-state index in [2.05, 4.69) is 4.74 Å². The molecule has 0 spiro atoms. The zero-order valence-electron chi connectivity index (χ0n) is 9.02. The van der Waals surface area contributed by atoms with Crippen LogP contribution in [0.5, 0.6) is 5.75 Å². The number of thioether (sulfide) groups is 1. The van der Waals surface area contributed by atoms with Crippen molar-refractivity contribution < 1.29 is 14.3 Å². The molecule has 0 aliphatic heterocycles. The topological polar surface area (TPSA) is 35.5 Å². The normalized spacial score (nSPS) is 10.1. The van der Waals surface area contributed by atoms with Crippen molar-refractivity contribution in [1.29, 1.82) is 0 Å². The van der Waals surface area contributed by atoms with Gasteiger partial charge in [-0.3, -0.25) is 0 Å². The zero-order chi connectivity index (χ0) is 11.3. The highest BCUT2D eigenvalue weighted by molar-refractivity contribution is 8.13. The Morgan fingerprint density at radius 3 is 2.33 bits per heavy atom. The maximum atomic E-state index is 11.0. The predicted molar refractivity (Wildman–Crippen MR) is 60.5 cm³/mol. The van der Waals surface area contributed by atoms with Gasteiger partial charge in [-0.25, -0.2) is 4.79 Å². The fourth-order valence-corrected chi connectivity index (χ4v) is 1.54. The van der Waals surface area contributed by atoms with E-state index in [4.69, 9.17) is 4.74 Å². The molecule has 0 amide bonds. The SMILES string of the molecule is COC(=O)Sc1ccc(OC(C)C)cc1. The summed E-state index contributed by atoms with van der Waals surface area (Å²) < 4.78 is 10.0. The van der Waals surface area contributed by atoms with E-state index >= 15 is 0 Å². The molecule has 4 heteroatoms. The van der Waals surface area contributed by atoms with E-state index in [0.717, 1.165) is 22.4 Å². The summed E-state index contributed by atoms with van der Waals surface area (Å²) in [4.78, 5) is 11.8. The Labute approximate surface area is 93.8 Å². The molecular weight excluding hydrogens is 212 g/mol. The van der Waals surface area contributed by atoms with E-state index in [1.165, 1.54) is 7.11 Å². The van der Waals surface area contributed by atoms with Crippen LogP contribution in [0.15, 0.2) is 29.2 Å². The lowest BCUT2D eigenvalue weighted by atomic mass is 10.3. The van der Waals surface area contributed by atoms with Crippen molar-refractivity contribution >= 4 is 17.1 Å². The van der Waals surface area contributed by atoms with Crippen LogP contribution in [0.4, 0.5) is 4.79 Å². The second kappa shape index (κ2) is 5.66. The fourth-order valence-electron chi connectivity index (χ4n) is 0.996. The molecule has 0 fully saturated rings. The van der Waals surface area contributed by atoms with Crippen molar-refractivity contribution in [2.75, 3.05) is 7.11 Å². The molecule has 0 saturated heterocycles. The van der Waals surface area contributed by atoms with E-state index in [-0.39, 0.29) is 11.4 Å². The Kier molecular flexibility index (Phi) is 4.49. The minimum absolute atomic E-state index is 0.157. The smallest absolute Gasteiger partial charge is 0.371 e. The van der Waals surface area contributed by atoms with Crippen LogP contribution in [0.3, 0.4) is 0 Å². The van der Waals surface area contributed by atoms with E-state index in [0.29, 0.717) is 0 Å². The van der Waals surface area contributed by atoms with Gasteiger partial charge in [0.2, 0.25) is 0 Å². The minimum atomic E-state index is -0.312. The lowest BCUT2D eigenvalue weighted by Gasteiger charge is -2.09. The molecule has 0 atom stereocenters. The lowest BCUT2D eigenvalue weighted by Crippen LogP contribution is -2.05. The minimum Gasteiger partial charge on any atom is -0.491 e. The Balaban J connectivity index is 2.60. The first kappa shape index (κ1) is 11.9. The van der Waals surface area contributed by atoms with Gasteiger partial charge in [-0.1, -0.05) is 0 Å². The third-order valence-corrected chi connectivity index (χ3v) is 2.40. The van der Waals surface area contributed by atoms with Gasteiger partial charge in [0, 0.05) is 4.90 Å². The summed E-state index contributed by atoms with van der Waals surface area (Å²) in [6.07, 6.45) is 0.157. The van der Waals surface area contributed by atoms with E-state index in [9.17, 15) is 4.79 Å². The van der Waals surface area contributed by atoms with Gasteiger partial charge in [0.05, 0.1) is 13.2 Å². The molecule has 0 saturated carbocycles. The summed E-state index contributed by atoms with van der Waals surface area (Å²) in [5, 5.41) is -0.312. The molecule has 1 aromatic rings. The number of benzene rings is 1. The van der Waals surface area contributed by atoms with Crippen LogP contribution in [-0.4, -0.2) is 18.5 Å². The van der Waals surface area contributed by atoms with Crippen LogP contribution in [0.2, 0.25) is 0 Å². The molecule has 0 heterocycles. The zero-order valence-corrected chi connectivity index (χ0v) is 9.84. The van der Waals surface area contributed by atoms with E-state index in [1.807, 2.05) is 38.1 Å². The second-order valence-electron chi connectivity index (χ2n) is 3.19. The molecule has 3 nitrogen and oxygen atoms in total. The van der Waals surface area contributed by atoms with Crippen LogP contribution < -0.4 is 4.74 Å². The predicted octanol–water partition coefficient (Wildman–Crippen LogP) is 3.33. The first-order chi connectivity index (χ1) is 7.11. The van der Waals surface area contributed by atoms with Crippen LogP contribution >= 0.6 is 11.8 Å². The van der Waals surface area contributed by atoms with Crippen LogP contribution in [0.1, 0.15) is 13.8 Å². The maximum absolute atomic E-state index is 11.0. The number of ether oxygens (including phenoxy) is 2. The Morgan fingerprint density at radius 2 is 1.87 bits per heavy atom. The summed E-state index contributed by atoms with van der Waals surface area (Å²) in [7, 11) is 1.37. The van der Waals surface area contributed by atoms with Gasteiger partial charge in [0.25, 0.3) is 0 Å². The number of carbonyl (C=O) groups excluding carboxylic acids is 1. The molecule has 0 aliphatic rings. The molecule has 82 valence electrons. The molecule has 1 rings (SSSR count). The standard InChI is InChI=1S/C11H14O3S/c1-8(2)14-9-4-6-10(7-5-9)15-11(12)13-3/h4-8H,1-3H3. The third kappa shape index (κ3) is 4.25. The molecule has 0 bridgehead atoms. The highest BCUT2D eigenvalue weighted by Gasteiger charge is 2.04. The molecule has 0 unspecified atom stereocenters. The number of rotatable bonds is 3. The van der Waals surface area contributed by atoms with Crippen LogP contribution in [0, 0.1) is 0 Å². The van der Waals surface area contributed by atoms with Gasteiger partial charge >= 0.3 is 5.30 Å². The summed E-state index contributed by atoms with van der Waals surface area (Å²) in [5.41, 5.74) is 0. The van der Waals surface area contributed by atoms with Gasteiger partial charge in [-0.2, -0.15) is 0 Å². The summed E-state index contributed by atoms with van der Waals surface area (Å²) in [5.74, 6) is 0.805. The lowest BCUT2D eigenvalue weighted by molar-refractivity contribution is 0.200. The molecule has 0 aliphatic carbocycles. The van der Waals surface area contributed by atoms with Crippen LogP contribution in [0.25, 0.3) is 0 Å². The van der Waals surface area contributed by atoms with Crippen LogP contribution in [-0.2, 0) is 4.74 Å². The molecular formula is C11H14O3S. The van der Waals surface area contributed by atoms with Gasteiger partial charge in [0.1, 0.15) is 5.75 Å². The van der Waals surface area contributed by atoms with Crippen molar-refractivity contribution in [1.82, 2.24) is 0 Å². The Morgan fingerprint density at radius 1 is 1.27 bits per heavy atom. The van der Waals surface area contributed by atoms with Crippen molar-refractivity contribution in [3.8, 4) is 5.75 Å². The average Bonchev–Trinajstić information content (AvgIpc) is 2.20. The Bertz CT molecular complexity index is 319. The molecule has 15 heavy (non-hydrogen) atoms. The largest absolute Gasteiger partial charge is 0.491 e. The maximum Gasteiger partial charge on any atom is 0.371 e. The quantitative estimate of drug-likeness (QED) is 0.585. The number of carbonyl (C=O) groups is 1. The number of methoxy groups -OCH3 is 1. The van der Waals surface area contributed by atoms with E-state index < -0.39 is 0 Å². The molecule has 0 aromatic heterocycles. The first-order valence-corrected chi connectivity index (χ1v) is 5.46. The highest BCUT2D eigenvalue weighted by Crippen LogP contribution is 2.23. The molecule has 0 radical (unpaired) electrons. The monoisotopic (exact) mass is 226 g/mol. The van der Waals surface area contributed by atoms with Crippen molar-refractivity contribution in [3.05, 3.63) is 24.3 Å².